The normalized spacial score (nSPS) is 9.82. The van der Waals surface area contributed by atoms with E-state index >= 15 is 0 Å². The van der Waals surface area contributed by atoms with E-state index in [0.29, 0.717) is 13.2 Å². The van der Waals surface area contributed by atoms with Gasteiger partial charge >= 0.3 is 5.97 Å². The number of para-hydroxylation sites is 1. The van der Waals surface area contributed by atoms with Gasteiger partial charge in [-0.15, -0.1) is 12.4 Å². The highest BCUT2D eigenvalue weighted by Gasteiger charge is 2.14. The third-order valence-corrected chi connectivity index (χ3v) is 2.95. The molecule has 6 nitrogen and oxygen atoms in total. The van der Waals surface area contributed by atoms with Gasteiger partial charge in [-0.3, -0.25) is 4.79 Å². The first kappa shape index (κ1) is 20.2. The van der Waals surface area contributed by atoms with E-state index in [2.05, 4.69) is 24.2 Å². The van der Waals surface area contributed by atoms with Crippen LogP contribution in [0.5, 0.6) is 5.75 Å². The number of likely N-dealkylation sites (N-methyl/N-ethyl adjacent to an activating group) is 1. The number of carbonyl (C=O) groups excluding carboxylic acids is 2. The number of hydrogen-bond acceptors (Lipinski definition) is 5. The minimum Gasteiger partial charge on any atom is -0.461 e. The zero-order valence-electron chi connectivity index (χ0n) is 13.1. The van der Waals surface area contributed by atoms with Crippen molar-refractivity contribution in [1.29, 1.82) is 0 Å². The molecule has 1 aromatic rings. The molecule has 22 heavy (non-hydrogen) atoms. The number of hydroxylamine groups is 1. The molecule has 0 heterocycles. The molecule has 0 unspecified atom stereocenters. The van der Waals surface area contributed by atoms with Gasteiger partial charge in [-0.1, -0.05) is 26.0 Å². The molecule has 0 bridgehead atoms. The predicted octanol–water partition coefficient (Wildman–Crippen LogP) is 2.04. The van der Waals surface area contributed by atoms with Crippen molar-refractivity contribution in [2.45, 2.75) is 20.8 Å². The summed E-state index contributed by atoms with van der Waals surface area (Å²) in [6.45, 7) is 8.27. The molecule has 1 aromatic carbocycles. The zero-order valence-corrected chi connectivity index (χ0v) is 13.9. The van der Waals surface area contributed by atoms with Crippen molar-refractivity contribution in [2.75, 3.05) is 26.2 Å². The first-order valence-corrected chi connectivity index (χ1v) is 7.00. The molecular weight excluding hydrogens is 308 g/mol. The van der Waals surface area contributed by atoms with E-state index in [1.807, 2.05) is 0 Å². The van der Waals surface area contributed by atoms with Gasteiger partial charge in [0.05, 0.1) is 0 Å². The second kappa shape index (κ2) is 10.9. The number of nitrogens with one attached hydrogen (secondary N) is 1. The molecule has 0 aliphatic carbocycles. The third-order valence-electron chi connectivity index (χ3n) is 2.95. The van der Waals surface area contributed by atoms with Crippen molar-refractivity contribution in [3.05, 3.63) is 29.8 Å². The van der Waals surface area contributed by atoms with Gasteiger partial charge in [-0.2, -0.15) is 5.48 Å². The van der Waals surface area contributed by atoms with Crippen LogP contribution in [0, 0.1) is 0 Å². The molecule has 0 aromatic heterocycles. The van der Waals surface area contributed by atoms with E-state index in [0.717, 1.165) is 13.1 Å². The number of nitrogens with zero attached hydrogens (tertiary/aromatic N) is 1. The van der Waals surface area contributed by atoms with Crippen molar-refractivity contribution in [2.24, 2.45) is 0 Å². The maximum Gasteiger partial charge on any atom is 0.342 e. The summed E-state index contributed by atoms with van der Waals surface area (Å²) >= 11 is 0. The molecule has 0 atom stereocenters. The van der Waals surface area contributed by atoms with Crippen molar-refractivity contribution in [3.63, 3.8) is 0 Å². The van der Waals surface area contributed by atoms with Crippen molar-refractivity contribution >= 4 is 24.3 Å². The molecule has 0 aliphatic rings. The molecule has 0 spiro atoms. The molecular formula is C15H23ClN2O4. The fourth-order valence-electron chi connectivity index (χ4n) is 1.74. The van der Waals surface area contributed by atoms with E-state index in [1.165, 1.54) is 6.92 Å². The Balaban J connectivity index is 0.00000441. The lowest BCUT2D eigenvalue weighted by atomic mass is 10.2. The Kier molecular flexibility index (Phi) is 9.98. The molecule has 7 heteroatoms. The van der Waals surface area contributed by atoms with Gasteiger partial charge in [-0.25, -0.2) is 4.79 Å². The summed E-state index contributed by atoms with van der Waals surface area (Å²) in [5, 5.41) is 0. The monoisotopic (exact) mass is 330 g/mol. The Morgan fingerprint density at radius 2 is 1.82 bits per heavy atom. The lowest BCUT2D eigenvalue weighted by Gasteiger charge is -2.17. The average molecular weight is 331 g/mol. The maximum absolute atomic E-state index is 12.0. The zero-order chi connectivity index (χ0) is 15.7. The second-order valence-electron chi connectivity index (χ2n) is 4.42. The van der Waals surface area contributed by atoms with Crippen LogP contribution in [0.15, 0.2) is 24.3 Å². The number of halogens is 1. The van der Waals surface area contributed by atoms with Gasteiger partial charge in [0, 0.05) is 13.5 Å². The number of amides is 1. The number of ether oxygens (including phenoxy) is 1. The van der Waals surface area contributed by atoms with Gasteiger partial charge < -0.3 is 14.5 Å². The van der Waals surface area contributed by atoms with Crippen LogP contribution in [0.4, 0.5) is 0 Å². The lowest BCUT2D eigenvalue weighted by molar-refractivity contribution is -0.125. The summed E-state index contributed by atoms with van der Waals surface area (Å²) in [7, 11) is 0. The standard InChI is InChI=1S/C15H22N2O4.ClH/c1-4-17(5-2)10-11-20-15(19)13-8-6-7-9-14(13)21-16-12(3)18;/h6-9H,4-5,10-11H2,1-3H3,(H,16,18);1H. The lowest BCUT2D eigenvalue weighted by Crippen LogP contribution is -2.28. The van der Waals surface area contributed by atoms with Crippen LogP contribution in [0.1, 0.15) is 31.1 Å². The molecule has 0 radical (unpaired) electrons. The Labute approximate surface area is 137 Å². The van der Waals surface area contributed by atoms with Crippen molar-refractivity contribution < 1.29 is 19.2 Å². The minimum absolute atomic E-state index is 0. The summed E-state index contributed by atoms with van der Waals surface area (Å²) in [5.74, 6) is -0.552. The van der Waals surface area contributed by atoms with Crippen LogP contribution in [0.3, 0.4) is 0 Å². The molecule has 0 saturated carbocycles. The summed E-state index contributed by atoms with van der Waals surface area (Å²) in [6, 6.07) is 6.61. The molecule has 124 valence electrons. The highest BCUT2D eigenvalue weighted by Crippen LogP contribution is 2.18. The fourth-order valence-corrected chi connectivity index (χ4v) is 1.74. The number of esters is 1. The molecule has 1 rings (SSSR count). The third kappa shape index (κ3) is 6.78. The summed E-state index contributed by atoms with van der Waals surface area (Å²) in [4.78, 5) is 30.1. The number of benzene rings is 1. The Morgan fingerprint density at radius 3 is 2.41 bits per heavy atom. The van der Waals surface area contributed by atoms with Gasteiger partial charge in [0.1, 0.15) is 12.2 Å². The van der Waals surface area contributed by atoms with E-state index < -0.39 is 5.97 Å². The van der Waals surface area contributed by atoms with Crippen LogP contribution in [0.25, 0.3) is 0 Å². The Hall–Kier alpha value is -1.79. The predicted molar refractivity (Wildman–Crippen MR) is 86.2 cm³/mol. The highest BCUT2D eigenvalue weighted by molar-refractivity contribution is 5.92. The van der Waals surface area contributed by atoms with Crippen LogP contribution in [-0.4, -0.2) is 43.0 Å². The van der Waals surface area contributed by atoms with E-state index in [-0.39, 0.29) is 29.6 Å². The molecule has 0 aliphatic heterocycles. The summed E-state index contributed by atoms with van der Waals surface area (Å²) < 4.78 is 5.24. The minimum atomic E-state index is -0.469. The van der Waals surface area contributed by atoms with Gasteiger partial charge in [-0.05, 0) is 25.2 Å². The van der Waals surface area contributed by atoms with Crippen molar-refractivity contribution in [1.82, 2.24) is 10.4 Å². The largest absolute Gasteiger partial charge is 0.461 e. The molecule has 1 N–H and O–H groups in total. The van der Waals surface area contributed by atoms with Gasteiger partial charge in [0.15, 0.2) is 5.75 Å². The fraction of sp³-hybridized carbons (Fsp3) is 0.467. The smallest absolute Gasteiger partial charge is 0.342 e. The first-order valence-electron chi connectivity index (χ1n) is 7.00. The van der Waals surface area contributed by atoms with Crippen LogP contribution >= 0.6 is 12.4 Å². The SMILES string of the molecule is CCN(CC)CCOC(=O)c1ccccc1ONC(C)=O.Cl. The number of rotatable bonds is 8. The second-order valence-corrected chi connectivity index (χ2v) is 4.42. The Bertz CT molecular complexity index is 478. The van der Waals surface area contributed by atoms with E-state index in [1.54, 1.807) is 24.3 Å². The van der Waals surface area contributed by atoms with Gasteiger partial charge in [0.2, 0.25) is 5.91 Å². The summed E-state index contributed by atoms with van der Waals surface area (Å²) in [6.07, 6.45) is 0. The van der Waals surface area contributed by atoms with Gasteiger partial charge in [0.25, 0.3) is 0 Å². The van der Waals surface area contributed by atoms with Crippen LogP contribution in [-0.2, 0) is 9.53 Å². The number of hydrogen-bond donors (Lipinski definition) is 1. The van der Waals surface area contributed by atoms with Crippen molar-refractivity contribution in [3.8, 4) is 5.75 Å². The van der Waals surface area contributed by atoms with Crippen LogP contribution in [0.2, 0.25) is 0 Å². The number of carbonyl (C=O) groups is 2. The van der Waals surface area contributed by atoms with E-state index in [9.17, 15) is 9.59 Å². The Morgan fingerprint density at radius 1 is 1.18 bits per heavy atom. The van der Waals surface area contributed by atoms with E-state index in [4.69, 9.17) is 9.57 Å². The average Bonchev–Trinajstić information content (AvgIpc) is 2.49. The van der Waals surface area contributed by atoms with Crippen LogP contribution < -0.4 is 10.3 Å². The highest BCUT2D eigenvalue weighted by atomic mass is 35.5. The molecule has 1 amide bonds. The molecule has 0 saturated heterocycles. The topological polar surface area (TPSA) is 67.9 Å². The molecule has 0 fully saturated rings. The summed E-state index contributed by atoms with van der Waals surface area (Å²) in [5.41, 5.74) is 2.48. The first-order chi connectivity index (χ1) is 10.1. The maximum atomic E-state index is 12.0. The quantitative estimate of drug-likeness (QED) is 0.583.